The van der Waals surface area contributed by atoms with Gasteiger partial charge in [0.15, 0.2) is 5.13 Å². The summed E-state index contributed by atoms with van der Waals surface area (Å²) in [6, 6.07) is 7.22. The third-order valence-electron chi connectivity index (χ3n) is 4.05. The lowest BCUT2D eigenvalue weighted by atomic mass is 10.0. The average Bonchev–Trinajstić information content (AvgIpc) is 3.10. The van der Waals surface area contributed by atoms with E-state index in [2.05, 4.69) is 20.6 Å². The van der Waals surface area contributed by atoms with Crippen molar-refractivity contribution in [3.05, 3.63) is 46.6 Å². The van der Waals surface area contributed by atoms with Gasteiger partial charge >= 0.3 is 0 Å². The molecule has 130 valence electrons. The molecule has 0 unspecified atom stereocenters. The van der Waals surface area contributed by atoms with Crippen LogP contribution >= 0.6 is 11.3 Å². The zero-order valence-electron chi connectivity index (χ0n) is 14.3. The Bertz CT molecular complexity index is 909. The van der Waals surface area contributed by atoms with Crippen molar-refractivity contribution in [2.75, 3.05) is 5.32 Å². The van der Waals surface area contributed by atoms with Gasteiger partial charge < -0.3 is 15.6 Å². The van der Waals surface area contributed by atoms with E-state index in [0.29, 0.717) is 11.6 Å². The predicted molar refractivity (Wildman–Crippen MR) is 99.8 cm³/mol. The molecular formula is C18H20N4O2S. The number of carbonyl (C=O) groups is 2. The summed E-state index contributed by atoms with van der Waals surface area (Å²) in [5.74, 6) is -0.513. The Morgan fingerprint density at radius 1 is 1.28 bits per heavy atom. The van der Waals surface area contributed by atoms with Crippen molar-refractivity contribution >= 4 is 39.2 Å². The van der Waals surface area contributed by atoms with Gasteiger partial charge in [0.05, 0.1) is 5.69 Å². The third kappa shape index (κ3) is 3.88. The van der Waals surface area contributed by atoms with Gasteiger partial charge in [-0.05, 0) is 25.5 Å². The minimum atomic E-state index is -0.666. The number of thiazole rings is 1. The highest BCUT2D eigenvalue weighted by atomic mass is 32.1. The lowest BCUT2D eigenvalue weighted by Gasteiger charge is -2.16. The number of aryl methyl sites for hydroxylation is 2. The molecule has 3 N–H and O–H groups in total. The quantitative estimate of drug-likeness (QED) is 0.657. The molecular weight excluding hydrogens is 336 g/mol. The van der Waals surface area contributed by atoms with Crippen molar-refractivity contribution in [1.82, 2.24) is 15.3 Å². The molecule has 0 saturated carbocycles. The van der Waals surface area contributed by atoms with Gasteiger partial charge in [0, 0.05) is 35.3 Å². The predicted octanol–water partition coefficient (Wildman–Crippen LogP) is 2.93. The van der Waals surface area contributed by atoms with Crippen LogP contribution in [0.5, 0.6) is 0 Å². The molecule has 2 aromatic heterocycles. The molecule has 3 rings (SSSR count). The van der Waals surface area contributed by atoms with Gasteiger partial charge in [-0.3, -0.25) is 9.59 Å². The summed E-state index contributed by atoms with van der Waals surface area (Å²) in [6.07, 6.45) is 2.28. The fraction of sp³-hybridized carbons (Fsp3) is 0.278. The summed E-state index contributed by atoms with van der Waals surface area (Å²) in [5.41, 5.74) is 2.88. The van der Waals surface area contributed by atoms with Gasteiger partial charge in [0.2, 0.25) is 11.8 Å². The number of amides is 2. The van der Waals surface area contributed by atoms with E-state index < -0.39 is 6.04 Å². The first-order valence-electron chi connectivity index (χ1n) is 8.01. The Kier molecular flexibility index (Phi) is 4.85. The van der Waals surface area contributed by atoms with Crippen LogP contribution in [0.15, 0.2) is 30.5 Å². The maximum Gasteiger partial charge on any atom is 0.249 e. The molecule has 0 saturated heterocycles. The van der Waals surface area contributed by atoms with Gasteiger partial charge in [0.1, 0.15) is 6.04 Å². The molecule has 1 aromatic carbocycles. The summed E-state index contributed by atoms with van der Waals surface area (Å²) in [7, 11) is 0. The van der Waals surface area contributed by atoms with Crippen molar-refractivity contribution in [1.29, 1.82) is 0 Å². The number of rotatable bonds is 5. The number of aromatic nitrogens is 2. The van der Waals surface area contributed by atoms with E-state index in [1.807, 2.05) is 44.3 Å². The number of nitrogens with one attached hydrogen (secondary N) is 3. The second kappa shape index (κ2) is 7.06. The number of anilines is 1. The number of aromatic amines is 1. The monoisotopic (exact) mass is 356 g/mol. The first-order chi connectivity index (χ1) is 11.9. The molecule has 3 aromatic rings. The maximum atomic E-state index is 12.7. The number of benzene rings is 1. The molecule has 7 heteroatoms. The van der Waals surface area contributed by atoms with E-state index in [0.717, 1.165) is 27.0 Å². The van der Waals surface area contributed by atoms with E-state index in [1.165, 1.54) is 18.3 Å². The van der Waals surface area contributed by atoms with Gasteiger partial charge in [-0.2, -0.15) is 0 Å². The van der Waals surface area contributed by atoms with E-state index in [-0.39, 0.29) is 11.8 Å². The van der Waals surface area contributed by atoms with Crippen LogP contribution in [0.25, 0.3) is 10.9 Å². The summed E-state index contributed by atoms with van der Waals surface area (Å²) in [5, 5.41) is 7.15. The van der Waals surface area contributed by atoms with E-state index >= 15 is 0 Å². The van der Waals surface area contributed by atoms with Crippen LogP contribution in [0.3, 0.4) is 0 Å². The van der Waals surface area contributed by atoms with Gasteiger partial charge in [-0.25, -0.2) is 4.98 Å². The molecule has 0 fully saturated rings. The Morgan fingerprint density at radius 2 is 2.04 bits per heavy atom. The molecule has 0 aliphatic carbocycles. The molecule has 2 amide bonds. The van der Waals surface area contributed by atoms with Gasteiger partial charge in [-0.1, -0.05) is 18.2 Å². The summed E-state index contributed by atoms with van der Waals surface area (Å²) in [6.45, 7) is 5.27. The summed E-state index contributed by atoms with van der Waals surface area (Å²) in [4.78, 5) is 32.8. The molecule has 1 atom stereocenters. The molecule has 6 nitrogen and oxygen atoms in total. The first kappa shape index (κ1) is 17.2. The second-order valence-corrected chi connectivity index (χ2v) is 7.17. The number of nitrogens with zero attached hydrogens (tertiary/aromatic N) is 1. The molecule has 2 heterocycles. The van der Waals surface area contributed by atoms with Crippen molar-refractivity contribution in [3.63, 3.8) is 0 Å². The van der Waals surface area contributed by atoms with E-state index in [1.54, 1.807) is 0 Å². The zero-order chi connectivity index (χ0) is 18.0. The highest BCUT2D eigenvalue weighted by Gasteiger charge is 2.22. The lowest BCUT2D eigenvalue weighted by molar-refractivity contribution is -0.125. The Hall–Kier alpha value is -2.67. The smallest absolute Gasteiger partial charge is 0.249 e. The molecule has 0 aliphatic rings. The number of hydrogen-bond acceptors (Lipinski definition) is 4. The Labute approximate surface area is 149 Å². The normalized spacial score (nSPS) is 12.1. The number of para-hydroxylation sites is 1. The topological polar surface area (TPSA) is 86.9 Å². The van der Waals surface area contributed by atoms with Crippen LogP contribution in [0, 0.1) is 13.8 Å². The summed E-state index contributed by atoms with van der Waals surface area (Å²) < 4.78 is 0. The first-order valence-corrected chi connectivity index (χ1v) is 8.82. The Morgan fingerprint density at radius 3 is 2.72 bits per heavy atom. The van der Waals surface area contributed by atoms with Crippen molar-refractivity contribution in [3.8, 4) is 0 Å². The number of hydrogen-bond donors (Lipinski definition) is 3. The minimum absolute atomic E-state index is 0.244. The van der Waals surface area contributed by atoms with Crippen LogP contribution < -0.4 is 10.6 Å². The van der Waals surface area contributed by atoms with E-state index in [9.17, 15) is 9.59 Å². The van der Waals surface area contributed by atoms with Crippen LogP contribution in [0.1, 0.15) is 23.1 Å². The maximum absolute atomic E-state index is 12.7. The number of H-pyrrole nitrogens is 1. The van der Waals surface area contributed by atoms with Gasteiger partial charge in [-0.15, -0.1) is 11.3 Å². The standard InChI is InChI=1S/C18H20N4O2S/c1-10-11(2)25-18(20-10)22-17(24)16(21-12(3)23)8-13-9-19-15-7-5-4-6-14(13)15/h4-7,9,16,19H,8H2,1-3H3,(H,21,23)(H,20,22,24)/t16-/m1/s1. The third-order valence-corrected chi connectivity index (χ3v) is 5.04. The fourth-order valence-electron chi connectivity index (χ4n) is 2.69. The summed E-state index contributed by atoms with van der Waals surface area (Å²) >= 11 is 1.43. The molecule has 25 heavy (non-hydrogen) atoms. The van der Waals surface area contributed by atoms with E-state index in [4.69, 9.17) is 0 Å². The SMILES string of the molecule is CC(=O)N[C@H](Cc1c[nH]c2ccccc12)C(=O)Nc1nc(C)c(C)s1. The fourth-order valence-corrected chi connectivity index (χ4v) is 3.51. The number of carbonyl (C=O) groups excluding carboxylic acids is 2. The van der Waals surface area contributed by atoms with Crippen LogP contribution in [0.4, 0.5) is 5.13 Å². The number of fused-ring (bicyclic) bond motifs is 1. The highest BCUT2D eigenvalue weighted by molar-refractivity contribution is 7.15. The van der Waals surface area contributed by atoms with Crippen LogP contribution in [-0.4, -0.2) is 27.8 Å². The largest absolute Gasteiger partial charge is 0.361 e. The molecule has 0 bridgehead atoms. The van der Waals surface area contributed by atoms with Crippen molar-refractivity contribution in [2.45, 2.75) is 33.2 Å². The molecule has 0 radical (unpaired) electrons. The van der Waals surface area contributed by atoms with Crippen LogP contribution in [0.2, 0.25) is 0 Å². The Balaban J connectivity index is 1.81. The zero-order valence-corrected chi connectivity index (χ0v) is 15.2. The second-order valence-electron chi connectivity index (χ2n) is 5.97. The van der Waals surface area contributed by atoms with Crippen molar-refractivity contribution in [2.24, 2.45) is 0 Å². The molecule has 0 aliphatic heterocycles. The molecule has 0 spiro atoms. The van der Waals surface area contributed by atoms with Crippen molar-refractivity contribution < 1.29 is 9.59 Å². The minimum Gasteiger partial charge on any atom is -0.361 e. The van der Waals surface area contributed by atoms with Gasteiger partial charge in [0.25, 0.3) is 0 Å². The average molecular weight is 356 g/mol. The highest BCUT2D eigenvalue weighted by Crippen LogP contribution is 2.22. The lowest BCUT2D eigenvalue weighted by Crippen LogP contribution is -2.44. The van der Waals surface area contributed by atoms with Crippen LogP contribution in [-0.2, 0) is 16.0 Å².